The van der Waals surface area contributed by atoms with E-state index in [0.29, 0.717) is 6.04 Å². The molecule has 0 amide bonds. The normalized spacial score (nSPS) is 34.8. The fourth-order valence-corrected chi connectivity index (χ4v) is 2.14. The van der Waals surface area contributed by atoms with Crippen LogP contribution in [-0.2, 0) is 0 Å². The average molecular weight is 187 g/mol. The molecule has 1 saturated heterocycles. The van der Waals surface area contributed by atoms with E-state index in [4.69, 9.17) is 10.2 Å². The molecule has 1 rings (SSSR count). The zero-order chi connectivity index (χ0) is 9.68. The van der Waals surface area contributed by atoms with E-state index in [9.17, 15) is 0 Å². The van der Waals surface area contributed by atoms with Crippen molar-refractivity contribution in [1.82, 2.24) is 5.32 Å². The minimum absolute atomic E-state index is 0.107. The molecule has 0 aliphatic carbocycles. The van der Waals surface area contributed by atoms with Crippen molar-refractivity contribution in [3.63, 3.8) is 0 Å². The Balaban J connectivity index is 2.38. The lowest BCUT2D eigenvalue weighted by molar-refractivity contribution is 0.0972. The van der Waals surface area contributed by atoms with Crippen molar-refractivity contribution in [2.45, 2.75) is 44.7 Å². The largest absolute Gasteiger partial charge is 0.396 e. The molecule has 0 aromatic rings. The van der Waals surface area contributed by atoms with Crippen LogP contribution in [0.4, 0.5) is 0 Å². The number of hydrogen-bond acceptors (Lipinski definition) is 3. The Hall–Kier alpha value is -0.120. The molecule has 0 bridgehead atoms. The SMILES string of the molecule is CCC[C@H]1CC[C@@H](CO)[C@@H](CO)N1. The number of aliphatic hydroxyl groups excluding tert-OH is 2. The van der Waals surface area contributed by atoms with Gasteiger partial charge in [-0.05, 0) is 25.2 Å². The number of piperidine rings is 1. The van der Waals surface area contributed by atoms with Gasteiger partial charge >= 0.3 is 0 Å². The number of rotatable bonds is 4. The predicted molar refractivity (Wildman–Crippen MR) is 52.5 cm³/mol. The molecule has 13 heavy (non-hydrogen) atoms. The van der Waals surface area contributed by atoms with Crippen LogP contribution in [0.2, 0.25) is 0 Å². The summed E-state index contributed by atoms with van der Waals surface area (Å²) in [6.45, 7) is 2.51. The van der Waals surface area contributed by atoms with Crippen LogP contribution in [0.15, 0.2) is 0 Å². The van der Waals surface area contributed by atoms with Gasteiger partial charge in [0.15, 0.2) is 0 Å². The first kappa shape index (κ1) is 11.0. The van der Waals surface area contributed by atoms with E-state index in [0.717, 1.165) is 12.8 Å². The summed E-state index contributed by atoms with van der Waals surface area (Å²) in [6.07, 6.45) is 4.53. The predicted octanol–water partition coefficient (Wildman–Crippen LogP) is 0.508. The van der Waals surface area contributed by atoms with E-state index in [1.807, 2.05) is 0 Å². The van der Waals surface area contributed by atoms with Crippen LogP contribution in [-0.4, -0.2) is 35.5 Å². The molecule has 1 heterocycles. The van der Waals surface area contributed by atoms with Crippen molar-refractivity contribution in [3.8, 4) is 0 Å². The van der Waals surface area contributed by atoms with Gasteiger partial charge < -0.3 is 15.5 Å². The molecule has 1 aliphatic rings. The summed E-state index contributed by atoms with van der Waals surface area (Å²) >= 11 is 0. The highest BCUT2D eigenvalue weighted by Gasteiger charge is 2.27. The fraction of sp³-hybridized carbons (Fsp3) is 1.00. The molecule has 3 nitrogen and oxygen atoms in total. The Morgan fingerprint density at radius 1 is 1.23 bits per heavy atom. The van der Waals surface area contributed by atoms with Crippen molar-refractivity contribution >= 4 is 0 Å². The first-order valence-corrected chi connectivity index (χ1v) is 5.29. The van der Waals surface area contributed by atoms with Crippen molar-refractivity contribution in [3.05, 3.63) is 0 Å². The lowest BCUT2D eigenvalue weighted by atomic mass is 9.87. The first-order chi connectivity index (χ1) is 6.31. The Morgan fingerprint density at radius 3 is 2.54 bits per heavy atom. The first-order valence-electron chi connectivity index (χ1n) is 5.29. The quantitative estimate of drug-likeness (QED) is 0.601. The Morgan fingerprint density at radius 2 is 2.00 bits per heavy atom. The third-order valence-corrected chi connectivity index (χ3v) is 2.97. The highest BCUT2D eigenvalue weighted by molar-refractivity contribution is 4.85. The second-order valence-corrected chi connectivity index (χ2v) is 3.96. The van der Waals surface area contributed by atoms with Gasteiger partial charge in [0.05, 0.1) is 6.61 Å². The number of nitrogens with one attached hydrogen (secondary N) is 1. The lowest BCUT2D eigenvalue weighted by Crippen LogP contribution is -2.50. The smallest absolute Gasteiger partial charge is 0.0588 e. The summed E-state index contributed by atoms with van der Waals surface area (Å²) < 4.78 is 0. The highest BCUT2D eigenvalue weighted by atomic mass is 16.3. The second-order valence-electron chi connectivity index (χ2n) is 3.96. The van der Waals surface area contributed by atoms with E-state index in [1.54, 1.807) is 0 Å². The van der Waals surface area contributed by atoms with Crippen LogP contribution in [0, 0.1) is 5.92 Å². The Bertz CT molecular complexity index is 141. The molecule has 0 saturated carbocycles. The van der Waals surface area contributed by atoms with Gasteiger partial charge in [0, 0.05) is 18.7 Å². The van der Waals surface area contributed by atoms with Crippen LogP contribution in [0.3, 0.4) is 0 Å². The van der Waals surface area contributed by atoms with Crippen LogP contribution >= 0.6 is 0 Å². The zero-order valence-corrected chi connectivity index (χ0v) is 8.37. The zero-order valence-electron chi connectivity index (χ0n) is 8.37. The maximum atomic E-state index is 9.10. The minimum Gasteiger partial charge on any atom is -0.396 e. The van der Waals surface area contributed by atoms with Gasteiger partial charge in [-0.2, -0.15) is 0 Å². The molecule has 78 valence electrons. The molecule has 3 atom stereocenters. The summed E-state index contributed by atoms with van der Waals surface area (Å²) in [6, 6.07) is 0.653. The lowest BCUT2D eigenvalue weighted by Gasteiger charge is -2.35. The van der Waals surface area contributed by atoms with Crippen molar-refractivity contribution in [1.29, 1.82) is 0 Å². The maximum Gasteiger partial charge on any atom is 0.0588 e. The van der Waals surface area contributed by atoms with Gasteiger partial charge in [0.25, 0.3) is 0 Å². The maximum absolute atomic E-state index is 9.10. The molecule has 0 aromatic heterocycles. The molecule has 0 aromatic carbocycles. The summed E-state index contributed by atoms with van der Waals surface area (Å²) in [5.41, 5.74) is 0. The monoisotopic (exact) mass is 187 g/mol. The molecule has 3 N–H and O–H groups in total. The van der Waals surface area contributed by atoms with E-state index in [2.05, 4.69) is 12.2 Å². The molecule has 0 spiro atoms. The van der Waals surface area contributed by atoms with E-state index in [1.165, 1.54) is 12.8 Å². The summed E-state index contributed by atoms with van der Waals surface area (Å²) in [7, 11) is 0. The van der Waals surface area contributed by atoms with Crippen molar-refractivity contribution in [2.75, 3.05) is 13.2 Å². The Kier molecular flexibility index (Phi) is 4.70. The molecular weight excluding hydrogens is 166 g/mol. The molecule has 3 heteroatoms. The minimum atomic E-state index is 0.107. The topological polar surface area (TPSA) is 52.5 Å². The fourth-order valence-electron chi connectivity index (χ4n) is 2.14. The van der Waals surface area contributed by atoms with E-state index >= 15 is 0 Å². The second kappa shape index (κ2) is 5.58. The van der Waals surface area contributed by atoms with Crippen LogP contribution in [0.25, 0.3) is 0 Å². The van der Waals surface area contributed by atoms with Crippen LogP contribution < -0.4 is 5.32 Å². The van der Waals surface area contributed by atoms with E-state index < -0.39 is 0 Å². The summed E-state index contributed by atoms with van der Waals surface area (Å²) in [5.74, 6) is 0.248. The molecule has 0 radical (unpaired) electrons. The third-order valence-electron chi connectivity index (χ3n) is 2.97. The van der Waals surface area contributed by atoms with Gasteiger partial charge in [-0.15, -0.1) is 0 Å². The van der Waals surface area contributed by atoms with Gasteiger partial charge in [0.2, 0.25) is 0 Å². The molecular formula is C10H21NO2. The highest BCUT2D eigenvalue weighted by Crippen LogP contribution is 2.21. The van der Waals surface area contributed by atoms with Gasteiger partial charge in [-0.3, -0.25) is 0 Å². The van der Waals surface area contributed by atoms with Crippen molar-refractivity contribution in [2.24, 2.45) is 5.92 Å². The molecule has 1 fully saturated rings. The standard InChI is InChI=1S/C10H21NO2/c1-2-3-9-5-4-8(6-12)10(7-13)11-9/h8-13H,2-7H2,1H3/t8-,9-,10+/m0/s1. The summed E-state index contributed by atoms with van der Waals surface area (Å²) in [4.78, 5) is 0. The van der Waals surface area contributed by atoms with Crippen LogP contribution in [0.1, 0.15) is 32.6 Å². The molecule has 0 unspecified atom stereocenters. The van der Waals surface area contributed by atoms with Gasteiger partial charge in [0.1, 0.15) is 0 Å². The average Bonchev–Trinajstić information content (AvgIpc) is 2.18. The number of aliphatic hydroxyl groups is 2. The Labute approximate surface area is 80.2 Å². The van der Waals surface area contributed by atoms with Gasteiger partial charge in [-0.25, -0.2) is 0 Å². The molecule has 1 aliphatic heterocycles. The third kappa shape index (κ3) is 2.93. The summed E-state index contributed by atoms with van der Waals surface area (Å²) in [5, 5.41) is 21.6. The van der Waals surface area contributed by atoms with Crippen molar-refractivity contribution < 1.29 is 10.2 Å². The van der Waals surface area contributed by atoms with Crippen LogP contribution in [0.5, 0.6) is 0 Å². The van der Waals surface area contributed by atoms with Gasteiger partial charge in [-0.1, -0.05) is 13.3 Å². The number of hydrogen-bond donors (Lipinski definition) is 3. The van der Waals surface area contributed by atoms with E-state index in [-0.39, 0.29) is 25.2 Å².